The number of rotatable bonds is 4. The number of anilines is 1. The summed E-state index contributed by atoms with van der Waals surface area (Å²) in [7, 11) is 0. The van der Waals surface area contributed by atoms with Crippen LogP contribution in [0.15, 0.2) is 30.3 Å². The Morgan fingerprint density at radius 3 is 2.72 bits per heavy atom. The lowest BCUT2D eigenvalue weighted by atomic mass is 9.77. The van der Waals surface area contributed by atoms with Crippen LogP contribution in [-0.4, -0.2) is 43.6 Å². The summed E-state index contributed by atoms with van der Waals surface area (Å²) in [6, 6.07) is 10.7. The molecule has 3 aliphatic heterocycles. The van der Waals surface area contributed by atoms with Crippen LogP contribution in [0.25, 0.3) is 0 Å². The van der Waals surface area contributed by atoms with Gasteiger partial charge in [0.15, 0.2) is 0 Å². The number of nitriles is 1. The monoisotopic (exact) mass is 433 g/mol. The Bertz CT molecular complexity index is 1100. The number of hydrogen-bond donors (Lipinski definition) is 0. The zero-order valence-electron chi connectivity index (χ0n) is 18.5. The van der Waals surface area contributed by atoms with Crippen LogP contribution in [0.2, 0.25) is 0 Å². The van der Waals surface area contributed by atoms with Crippen molar-refractivity contribution >= 4 is 11.7 Å². The average molecular weight is 434 g/mol. The van der Waals surface area contributed by atoms with Crippen LogP contribution in [0, 0.1) is 29.5 Å². The second-order valence-electron chi connectivity index (χ2n) is 9.49. The highest BCUT2D eigenvalue weighted by Crippen LogP contribution is 2.42. The molecule has 2 saturated heterocycles. The first-order valence-electron chi connectivity index (χ1n) is 11.4. The number of piperidine rings is 1. The van der Waals surface area contributed by atoms with Crippen molar-refractivity contribution < 1.29 is 13.9 Å². The number of ether oxygens (including phenoxy) is 1. The predicted molar refractivity (Wildman–Crippen MR) is 120 cm³/mol. The Hall–Kier alpha value is -2.91. The molecule has 0 saturated carbocycles. The number of carbonyl (C=O) groups is 1. The number of halogens is 1. The summed E-state index contributed by atoms with van der Waals surface area (Å²) >= 11 is 0. The van der Waals surface area contributed by atoms with E-state index in [0.717, 1.165) is 64.0 Å². The van der Waals surface area contributed by atoms with E-state index < -0.39 is 0 Å². The van der Waals surface area contributed by atoms with Gasteiger partial charge >= 0.3 is 5.97 Å². The van der Waals surface area contributed by atoms with Gasteiger partial charge in [-0.2, -0.15) is 5.26 Å². The third-order valence-corrected chi connectivity index (χ3v) is 7.75. The Morgan fingerprint density at radius 2 is 1.94 bits per heavy atom. The lowest BCUT2D eigenvalue weighted by molar-refractivity contribution is 0.0535. The van der Waals surface area contributed by atoms with Gasteiger partial charge in [0.2, 0.25) is 0 Å². The summed E-state index contributed by atoms with van der Waals surface area (Å²) in [5.41, 5.74) is 5.56. The molecule has 3 aliphatic rings. The van der Waals surface area contributed by atoms with Crippen LogP contribution in [-0.2, 0) is 17.8 Å². The number of likely N-dealkylation sites (tertiary alicyclic amines) is 1. The molecule has 166 valence electrons. The molecule has 0 N–H and O–H groups in total. The van der Waals surface area contributed by atoms with Gasteiger partial charge < -0.3 is 14.5 Å². The standard InChI is InChI=1S/C26H28FN3O2/c1-18-20(3-4-21-22(18)16-32-25(21)31)6-10-29-11-7-26(8-12-29)9-13-30(17-26)24-14-19(15-28)2-5-23(24)27/h2-5,14H,6-13,16-17H2,1H3. The van der Waals surface area contributed by atoms with E-state index in [9.17, 15) is 9.18 Å². The predicted octanol–water partition coefficient (Wildman–Crippen LogP) is 4.21. The molecule has 0 radical (unpaired) electrons. The maximum absolute atomic E-state index is 14.4. The smallest absolute Gasteiger partial charge is 0.338 e. The maximum Gasteiger partial charge on any atom is 0.338 e. The van der Waals surface area contributed by atoms with Crippen molar-refractivity contribution in [1.29, 1.82) is 5.26 Å². The molecule has 32 heavy (non-hydrogen) atoms. The molecule has 0 aromatic heterocycles. The minimum Gasteiger partial charge on any atom is -0.457 e. The van der Waals surface area contributed by atoms with Crippen LogP contribution in [0.3, 0.4) is 0 Å². The maximum atomic E-state index is 14.4. The molecule has 0 amide bonds. The Morgan fingerprint density at radius 1 is 1.16 bits per heavy atom. The molecule has 5 rings (SSSR count). The summed E-state index contributed by atoms with van der Waals surface area (Å²) < 4.78 is 19.6. The molecule has 1 spiro atoms. The third kappa shape index (κ3) is 3.75. The molecule has 0 aliphatic carbocycles. The van der Waals surface area contributed by atoms with E-state index in [2.05, 4.69) is 28.9 Å². The van der Waals surface area contributed by atoms with Crippen LogP contribution >= 0.6 is 0 Å². The molecule has 5 nitrogen and oxygen atoms in total. The minimum atomic E-state index is -0.240. The number of carbonyl (C=O) groups excluding carboxylic acids is 1. The number of hydrogen-bond acceptors (Lipinski definition) is 5. The van der Waals surface area contributed by atoms with Crippen molar-refractivity contribution in [2.75, 3.05) is 37.6 Å². The quantitative estimate of drug-likeness (QED) is 0.676. The normalized spacial score (nSPS) is 19.8. The van der Waals surface area contributed by atoms with E-state index in [-0.39, 0.29) is 17.2 Å². The highest BCUT2D eigenvalue weighted by Gasteiger charge is 2.41. The summed E-state index contributed by atoms with van der Waals surface area (Å²) in [6.45, 7) is 7.32. The summed E-state index contributed by atoms with van der Waals surface area (Å²) in [5, 5.41) is 9.16. The van der Waals surface area contributed by atoms with Gasteiger partial charge in [0.05, 0.1) is 22.9 Å². The zero-order chi connectivity index (χ0) is 22.3. The molecule has 0 atom stereocenters. The molecule has 2 fully saturated rings. The van der Waals surface area contributed by atoms with Crippen molar-refractivity contribution in [2.24, 2.45) is 5.41 Å². The van der Waals surface area contributed by atoms with E-state index >= 15 is 0 Å². The molecule has 0 bridgehead atoms. The van der Waals surface area contributed by atoms with Gasteiger partial charge in [-0.3, -0.25) is 0 Å². The molecule has 6 heteroatoms. The van der Waals surface area contributed by atoms with Gasteiger partial charge in [-0.05, 0) is 86.5 Å². The van der Waals surface area contributed by atoms with E-state index in [1.807, 2.05) is 6.07 Å². The van der Waals surface area contributed by atoms with Crippen molar-refractivity contribution in [3.63, 3.8) is 0 Å². The second kappa shape index (κ2) is 8.22. The Kier molecular flexibility index (Phi) is 5.38. The van der Waals surface area contributed by atoms with Gasteiger partial charge in [0.25, 0.3) is 0 Å². The largest absolute Gasteiger partial charge is 0.457 e. The number of esters is 1. The Labute approximate surface area is 188 Å². The second-order valence-corrected chi connectivity index (χ2v) is 9.49. The first kappa shape index (κ1) is 21.0. The fraction of sp³-hybridized carbons (Fsp3) is 0.462. The Balaban J connectivity index is 1.18. The van der Waals surface area contributed by atoms with Crippen LogP contribution in [0.5, 0.6) is 0 Å². The fourth-order valence-electron chi connectivity index (χ4n) is 5.57. The summed E-state index contributed by atoms with van der Waals surface area (Å²) in [5.74, 6) is -0.448. The van der Waals surface area contributed by atoms with Gasteiger partial charge in [0, 0.05) is 25.2 Å². The SMILES string of the molecule is Cc1c(CCN2CCC3(CC2)CCN(c2cc(C#N)ccc2F)C3)ccc2c1COC2=O. The van der Waals surface area contributed by atoms with Gasteiger partial charge in [-0.1, -0.05) is 6.07 Å². The first-order chi connectivity index (χ1) is 15.5. The van der Waals surface area contributed by atoms with Crippen LogP contribution in [0.4, 0.5) is 10.1 Å². The van der Waals surface area contributed by atoms with Crippen LogP contribution < -0.4 is 4.90 Å². The fourth-order valence-corrected chi connectivity index (χ4v) is 5.57. The van der Waals surface area contributed by atoms with E-state index in [1.165, 1.54) is 23.3 Å². The molecular formula is C26H28FN3O2. The topological polar surface area (TPSA) is 56.6 Å². The number of fused-ring (bicyclic) bond motifs is 1. The number of benzene rings is 2. The highest BCUT2D eigenvalue weighted by atomic mass is 19.1. The third-order valence-electron chi connectivity index (χ3n) is 7.75. The van der Waals surface area contributed by atoms with E-state index in [0.29, 0.717) is 23.4 Å². The zero-order valence-corrected chi connectivity index (χ0v) is 18.5. The van der Waals surface area contributed by atoms with Crippen molar-refractivity contribution in [3.8, 4) is 6.07 Å². The summed E-state index contributed by atoms with van der Waals surface area (Å²) in [4.78, 5) is 16.4. The average Bonchev–Trinajstić information content (AvgIpc) is 3.39. The number of nitrogens with zero attached hydrogens (tertiary/aromatic N) is 3. The van der Waals surface area contributed by atoms with Gasteiger partial charge in [-0.15, -0.1) is 0 Å². The molecular weight excluding hydrogens is 405 g/mol. The van der Waals surface area contributed by atoms with Crippen molar-refractivity contribution in [2.45, 2.75) is 39.2 Å². The van der Waals surface area contributed by atoms with Crippen molar-refractivity contribution in [3.05, 3.63) is 64.0 Å². The summed E-state index contributed by atoms with van der Waals surface area (Å²) in [6.07, 6.45) is 4.29. The lowest BCUT2D eigenvalue weighted by Gasteiger charge is -2.39. The number of cyclic esters (lactones) is 1. The van der Waals surface area contributed by atoms with E-state index in [1.54, 1.807) is 6.07 Å². The van der Waals surface area contributed by atoms with Gasteiger partial charge in [0.1, 0.15) is 12.4 Å². The van der Waals surface area contributed by atoms with E-state index in [4.69, 9.17) is 10.00 Å². The van der Waals surface area contributed by atoms with Crippen LogP contribution in [0.1, 0.15) is 51.9 Å². The van der Waals surface area contributed by atoms with Crippen molar-refractivity contribution in [1.82, 2.24) is 4.90 Å². The van der Waals surface area contributed by atoms with Gasteiger partial charge in [-0.25, -0.2) is 9.18 Å². The molecule has 2 aromatic rings. The molecule has 3 heterocycles. The minimum absolute atomic E-state index is 0.208. The lowest BCUT2D eigenvalue weighted by Crippen LogP contribution is -2.42. The highest BCUT2D eigenvalue weighted by molar-refractivity contribution is 5.93. The molecule has 2 aromatic carbocycles. The first-order valence-corrected chi connectivity index (χ1v) is 11.4. The molecule has 0 unspecified atom stereocenters.